The van der Waals surface area contributed by atoms with E-state index in [1.165, 1.54) is 43.2 Å². The number of fused-ring (bicyclic) bond motifs is 1. The highest BCUT2D eigenvalue weighted by atomic mass is 16.3. The lowest BCUT2D eigenvalue weighted by Crippen LogP contribution is -2.53. The second-order valence-electron chi connectivity index (χ2n) is 6.75. The van der Waals surface area contributed by atoms with Gasteiger partial charge in [-0.15, -0.1) is 0 Å². The monoisotopic (exact) mass is 273 g/mol. The minimum Gasteiger partial charge on any atom is -0.394 e. The lowest BCUT2D eigenvalue weighted by atomic mass is 9.72. The number of rotatable bonds is 3. The molecule has 1 aromatic carbocycles. The van der Waals surface area contributed by atoms with E-state index >= 15 is 0 Å². The van der Waals surface area contributed by atoms with E-state index in [1.54, 1.807) is 0 Å². The van der Waals surface area contributed by atoms with E-state index in [1.807, 2.05) is 0 Å². The predicted octanol–water partition coefficient (Wildman–Crippen LogP) is 3.69. The smallest absolute Gasteiger partial charge is 0.0674 e. The van der Waals surface area contributed by atoms with E-state index in [-0.39, 0.29) is 12.1 Å². The Bertz CT molecular complexity index is 452. The number of hydrogen-bond donors (Lipinski definition) is 2. The quantitative estimate of drug-likeness (QED) is 0.880. The average Bonchev–Trinajstić information content (AvgIpc) is 2.52. The fourth-order valence-electron chi connectivity index (χ4n) is 4.11. The van der Waals surface area contributed by atoms with E-state index in [0.717, 1.165) is 12.8 Å². The van der Waals surface area contributed by atoms with Gasteiger partial charge in [-0.05, 0) is 42.7 Å². The van der Waals surface area contributed by atoms with Crippen LogP contribution in [0, 0.1) is 0 Å². The van der Waals surface area contributed by atoms with Gasteiger partial charge >= 0.3 is 0 Å². The Hall–Kier alpha value is -0.860. The third-order valence-corrected chi connectivity index (χ3v) is 5.37. The van der Waals surface area contributed by atoms with Crippen molar-refractivity contribution in [3.05, 3.63) is 35.4 Å². The molecule has 2 nitrogen and oxygen atoms in total. The minimum atomic E-state index is -0.203. The van der Waals surface area contributed by atoms with Gasteiger partial charge in [0.1, 0.15) is 0 Å². The second kappa shape index (κ2) is 5.87. The summed E-state index contributed by atoms with van der Waals surface area (Å²) in [5, 5.41) is 14.0. The SMILES string of the molecule is CC1CCC(CO)(NC2CCCCC2)c2ccccc21. The fourth-order valence-corrected chi connectivity index (χ4v) is 4.11. The second-order valence-corrected chi connectivity index (χ2v) is 6.75. The summed E-state index contributed by atoms with van der Waals surface area (Å²) in [5.74, 6) is 0.610. The first-order valence-corrected chi connectivity index (χ1v) is 8.23. The van der Waals surface area contributed by atoms with Crippen molar-refractivity contribution in [3.8, 4) is 0 Å². The minimum absolute atomic E-state index is 0.203. The molecule has 20 heavy (non-hydrogen) atoms. The molecule has 0 heterocycles. The van der Waals surface area contributed by atoms with E-state index in [0.29, 0.717) is 12.0 Å². The fraction of sp³-hybridized carbons (Fsp3) is 0.667. The number of aliphatic hydroxyl groups is 1. The zero-order chi connectivity index (χ0) is 14.0. The number of aliphatic hydroxyl groups excluding tert-OH is 1. The van der Waals surface area contributed by atoms with Crippen molar-refractivity contribution in [2.75, 3.05) is 6.61 Å². The number of hydrogen-bond acceptors (Lipinski definition) is 2. The Labute approximate surface area is 122 Å². The molecule has 2 aliphatic rings. The van der Waals surface area contributed by atoms with Gasteiger partial charge in [0.15, 0.2) is 0 Å². The molecule has 0 bridgehead atoms. The largest absolute Gasteiger partial charge is 0.394 e. The van der Waals surface area contributed by atoms with Crippen LogP contribution < -0.4 is 5.32 Å². The molecular formula is C18H27NO. The van der Waals surface area contributed by atoms with Gasteiger partial charge in [-0.2, -0.15) is 0 Å². The molecule has 2 heteroatoms. The molecule has 3 rings (SSSR count). The van der Waals surface area contributed by atoms with E-state index < -0.39 is 0 Å². The van der Waals surface area contributed by atoms with Crippen molar-refractivity contribution in [1.29, 1.82) is 0 Å². The van der Waals surface area contributed by atoms with Crippen molar-refractivity contribution in [2.45, 2.75) is 69.4 Å². The van der Waals surface area contributed by atoms with Crippen LogP contribution >= 0.6 is 0 Å². The lowest BCUT2D eigenvalue weighted by molar-refractivity contribution is 0.116. The van der Waals surface area contributed by atoms with Gasteiger partial charge in [-0.25, -0.2) is 0 Å². The van der Waals surface area contributed by atoms with Crippen LogP contribution in [0.1, 0.15) is 68.9 Å². The Balaban J connectivity index is 1.90. The maximum Gasteiger partial charge on any atom is 0.0674 e. The molecule has 0 saturated heterocycles. The molecule has 1 aromatic rings. The normalized spacial score (nSPS) is 31.0. The maximum absolute atomic E-state index is 10.1. The summed E-state index contributed by atoms with van der Waals surface area (Å²) < 4.78 is 0. The highest BCUT2D eigenvalue weighted by Gasteiger charge is 2.39. The topological polar surface area (TPSA) is 32.3 Å². The lowest BCUT2D eigenvalue weighted by Gasteiger charge is -2.44. The Kier molecular flexibility index (Phi) is 4.13. The van der Waals surface area contributed by atoms with Crippen LogP contribution in [0.25, 0.3) is 0 Å². The molecule has 2 unspecified atom stereocenters. The average molecular weight is 273 g/mol. The third-order valence-electron chi connectivity index (χ3n) is 5.37. The van der Waals surface area contributed by atoms with Crippen molar-refractivity contribution in [3.63, 3.8) is 0 Å². The van der Waals surface area contributed by atoms with E-state index in [9.17, 15) is 5.11 Å². The third kappa shape index (κ3) is 2.51. The summed E-state index contributed by atoms with van der Waals surface area (Å²) in [5.41, 5.74) is 2.56. The molecule has 1 fully saturated rings. The maximum atomic E-state index is 10.1. The standard InChI is InChI=1S/C18H27NO/c1-14-11-12-18(13-20,17-10-6-5-9-16(14)17)19-15-7-3-2-4-8-15/h5-6,9-10,14-15,19-20H,2-4,7-8,11-13H2,1H3. The van der Waals surface area contributed by atoms with Crippen LogP contribution in [0.4, 0.5) is 0 Å². The van der Waals surface area contributed by atoms with Crippen LogP contribution in [0.15, 0.2) is 24.3 Å². The van der Waals surface area contributed by atoms with Crippen molar-refractivity contribution >= 4 is 0 Å². The van der Waals surface area contributed by atoms with Gasteiger partial charge in [0.25, 0.3) is 0 Å². The molecule has 2 aliphatic carbocycles. The van der Waals surface area contributed by atoms with Crippen molar-refractivity contribution in [2.24, 2.45) is 0 Å². The van der Waals surface area contributed by atoms with Crippen molar-refractivity contribution in [1.82, 2.24) is 5.32 Å². The zero-order valence-electron chi connectivity index (χ0n) is 12.6. The molecule has 0 aromatic heterocycles. The Morgan fingerprint density at radius 1 is 1.15 bits per heavy atom. The van der Waals surface area contributed by atoms with Gasteiger partial charge in [0.2, 0.25) is 0 Å². The predicted molar refractivity (Wildman–Crippen MR) is 82.9 cm³/mol. The van der Waals surface area contributed by atoms with Crippen LogP contribution in [0.3, 0.4) is 0 Å². The first-order chi connectivity index (χ1) is 9.75. The summed E-state index contributed by atoms with van der Waals surface area (Å²) >= 11 is 0. The van der Waals surface area contributed by atoms with Crippen LogP contribution in [0.2, 0.25) is 0 Å². The summed E-state index contributed by atoms with van der Waals surface area (Å²) in [6, 6.07) is 9.29. The molecule has 0 spiro atoms. The van der Waals surface area contributed by atoms with Gasteiger partial charge < -0.3 is 10.4 Å². The molecule has 2 atom stereocenters. The molecular weight excluding hydrogens is 246 g/mol. The summed E-state index contributed by atoms with van der Waals surface area (Å²) in [6.45, 7) is 2.52. The molecule has 0 radical (unpaired) electrons. The van der Waals surface area contributed by atoms with Gasteiger partial charge in [-0.1, -0.05) is 50.5 Å². The van der Waals surface area contributed by atoms with Crippen molar-refractivity contribution < 1.29 is 5.11 Å². The molecule has 0 aliphatic heterocycles. The van der Waals surface area contributed by atoms with Crippen LogP contribution in [-0.4, -0.2) is 17.8 Å². The summed E-state index contributed by atoms with van der Waals surface area (Å²) in [6.07, 6.45) is 8.78. The first kappa shape index (κ1) is 14.1. The highest BCUT2D eigenvalue weighted by molar-refractivity contribution is 5.39. The zero-order valence-corrected chi connectivity index (χ0v) is 12.6. The van der Waals surface area contributed by atoms with Gasteiger partial charge in [0.05, 0.1) is 12.1 Å². The summed E-state index contributed by atoms with van der Waals surface area (Å²) in [4.78, 5) is 0. The Morgan fingerprint density at radius 3 is 2.65 bits per heavy atom. The Morgan fingerprint density at radius 2 is 1.90 bits per heavy atom. The molecule has 2 N–H and O–H groups in total. The van der Waals surface area contributed by atoms with Gasteiger partial charge in [-0.3, -0.25) is 0 Å². The van der Waals surface area contributed by atoms with E-state index in [2.05, 4.69) is 36.5 Å². The number of nitrogens with one attached hydrogen (secondary N) is 1. The molecule has 110 valence electrons. The molecule has 0 amide bonds. The highest BCUT2D eigenvalue weighted by Crippen LogP contribution is 2.41. The summed E-state index contributed by atoms with van der Waals surface area (Å²) in [7, 11) is 0. The molecule has 1 saturated carbocycles. The van der Waals surface area contributed by atoms with E-state index in [4.69, 9.17) is 0 Å². The van der Waals surface area contributed by atoms with Gasteiger partial charge in [0, 0.05) is 6.04 Å². The number of benzene rings is 1. The van der Waals surface area contributed by atoms with Crippen LogP contribution in [-0.2, 0) is 5.54 Å². The first-order valence-electron chi connectivity index (χ1n) is 8.23. The van der Waals surface area contributed by atoms with Crippen LogP contribution in [0.5, 0.6) is 0 Å².